The normalized spacial score (nSPS) is 14.0. The fourth-order valence-electron chi connectivity index (χ4n) is 4.24. The number of hydrogen-bond acceptors (Lipinski definition) is 3. The molecule has 0 heterocycles. The highest BCUT2D eigenvalue weighted by Gasteiger charge is 2.39. The average molecular weight is 427 g/mol. The van der Waals surface area contributed by atoms with E-state index in [0.717, 1.165) is 37.7 Å². The van der Waals surface area contributed by atoms with Gasteiger partial charge in [0, 0.05) is 6.42 Å². The fraction of sp³-hybridized carbons (Fsp3) is 0.462. The van der Waals surface area contributed by atoms with Gasteiger partial charge in [-0.05, 0) is 48.4 Å². The largest absolute Gasteiger partial charge is 0.481 e. The van der Waals surface area contributed by atoms with Crippen molar-refractivity contribution in [2.45, 2.75) is 70.3 Å². The van der Waals surface area contributed by atoms with Crippen LogP contribution in [0.3, 0.4) is 0 Å². The predicted molar refractivity (Wildman–Crippen MR) is 121 cm³/mol. The lowest BCUT2D eigenvalue weighted by Gasteiger charge is -2.38. The zero-order valence-electron chi connectivity index (χ0n) is 18.3. The quantitative estimate of drug-likeness (QED) is 0.329. The lowest BCUT2D eigenvalue weighted by Crippen LogP contribution is -2.36. The Morgan fingerprint density at radius 2 is 1.39 bits per heavy atom. The van der Waals surface area contributed by atoms with Crippen LogP contribution in [-0.2, 0) is 10.4 Å². The minimum atomic E-state index is -1.27. The first-order valence-electron chi connectivity index (χ1n) is 11.2. The molecular weight excluding hydrogens is 392 g/mol. The van der Waals surface area contributed by atoms with Crippen LogP contribution in [0.2, 0.25) is 0 Å². The van der Waals surface area contributed by atoms with Gasteiger partial charge in [0.2, 0.25) is 0 Å². The molecule has 31 heavy (non-hydrogen) atoms. The van der Waals surface area contributed by atoms with Crippen molar-refractivity contribution in [1.29, 1.82) is 0 Å². The van der Waals surface area contributed by atoms with Crippen molar-refractivity contribution in [1.82, 2.24) is 0 Å². The zero-order chi connectivity index (χ0) is 22.7. The molecule has 0 aliphatic rings. The number of aliphatic carboxylic acids is 1. The Bertz CT molecular complexity index is 815. The molecule has 0 bridgehead atoms. The van der Waals surface area contributed by atoms with E-state index in [1.807, 2.05) is 30.3 Å². The molecule has 0 radical (unpaired) electrons. The minimum absolute atomic E-state index is 0.101. The molecule has 0 saturated carbocycles. The molecule has 2 aromatic rings. The lowest BCUT2D eigenvalue weighted by atomic mass is 9.71. The van der Waals surface area contributed by atoms with Crippen molar-refractivity contribution < 1.29 is 24.9 Å². The highest BCUT2D eigenvalue weighted by Crippen LogP contribution is 2.42. The Morgan fingerprint density at radius 1 is 0.806 bits per heavy atom. The van der Waals surface area contributed by atoms with Gasteiger partial charge in [-0.15, -0.1) is 0 Å². The summed E-state index contributed by atoms with van der Waals surface area (Å²) in [5.74, 6) is -1.90. The van der Waals surface area contributed by atoms with E-state index < -0.39 is 17.5 Å². The Hall–Kier alpha value is -2.66. The molecule has 2 rings (SSSR count). The van der Waals surface area contributed by atoms with Crippen LogP contribution in [0.25, 0.3) is 0 Å². The van der Waals surface area contributed by atoms with E-state index in [4.69, 9.17) is 5.11 Å². The maximum absolute atomic E-state index is 12.1. The molecule has 0 amide bonds. The summed E-state index contributed by atoms with van der Waals surface area (Å²) in [5.41, 5.74) is 0.354. The third kappa shape index (κ3) is 6.93. The Labute approximate surface area is 184 Å². The summed E-state index contributed by atoms with van der Waals surface area (Å²) in [6, 6.07) is 16.0. The molecule has 5 nitrogen and oxygen atoms in total. The molecule has 0 aliphatic carbocycles. The smallest absolute Gasteiger partial charge is 0.335 e. The predicted octanol–water partition coefficient (Wildman–Crippen LogP) is 5.85. The number of carboxylic acid groups (broad SMARTS) is 2. The van der Waals surface area contributed by atoms with E-state index in [1.54, 1.807) is 12.1 Å². The standard InChI is InChI=1S/C26H34O5/c1-2-3-4-6-11-22(14-9-10-15-24(27)28)26(31,21-12-7-5-8-13-21)23-18-16-20(17-19-23)25(29)30/h5,7-8,12-13,16-19,22,31H,2-4,6,9-11,14-15H2,1H3,(H,27,28)(H,29,30). The van der Waals surface area contributed by atoms with Gasteiger partial charge < -0.3 is 15.3 Å². The number of carbonyl (C=O) groups is 2. The fourth-order valence-corrected chi connectivity index (χ4v) is 4.24. The van der Waals surface area contributed by atoms with Crippen LogP contribution in [-0.4, -0.2) is 27.3 Å². The van der Waals surface area contributed by atoms with Gasteiger partial charge in [0.25, 0.3) is 0 Å². The van der Waals surface area contributed by atoms with E-state index in [9.17, 15) is 19.8 Å². The van der Waals surface area contributed by atoms with E-state index in [0.29, 0.717) is 24.8 Å². The van der Waals surface area contributed by atoms with Crippen LogP contribution in [0.1, 0.15) is 86.2 Å². The maximum atomic E-state index is 12.1. The van der Waals surface area contributed by atoms with Crippen LogP contribution < -0.4 is 0 Å². The van der Waals surface area contributed by atoms with Gasteiger partial charge in [0.15, 0.2) is 0 Å². The van der Waals surface area contributed by atoms with E-state index in [1.165, 1.54) is 12.1 Å². The SMILES string of the molecule is CCCCCCC(CCCCC(=O)O)C(O)(c1ccccc1)c1ccc(C(=O)O)cc1. The molecular formula is C26H34O5. The Balaban J connectivity index is 2.38. The summed E-state index contributed by atoms with van der Waals surface area (Å²) in [5, 5.41) is 30.4. The highest BCUT2D eigenvalue weighted by atomic mass is 16.4. The Morgan fingerprint density at radius 3 is 1.94 bits per heavy atom. The van der Waals surface area contributed by atoms with E-state index in [2.05, 4.69) is 6.92 Å². The summed E-state index contributed by atoms with van der Waals surface area (Å²) in [4.78, 5) is 22.2. The second-order valence-corrected chi connectivity index (χ2v) is 8.20. The van der Waals surface area contributed by atoms with Crippen molar-refractivity contribution in [3.05, 3.63) is 71.3 Å². The van der Waals surface area contributed by atoms with Gasteiger partial charge in [0.1, 0.15) is 5.60 Å². The number of unbranched alkanes of at least 4 members (excludes halogenated alkanes) is 4. The first kappa shape index (κ1) is 24.6. The molecule has 0 spiro atoms. The molecule has 3 N–H and O–H groups in total. The minimum Gasteiger partial charge on any atom is -0.481 e. The lowest BCUT2D eigenvalue weighted by molar-refractivity contribution is -0.137. The first-order chi connectivity index (χ1) is 14.9. The molecule has 0 aliphatic heterocycles. The van der Waals surface area contributed by atoms with E-state index in [-0.39, 0.29) is 17.9 Å². The summed E-state index contributed by atoms with van der Waals surface area (Å²) >= 11 is 0. The van der Waals surface area contributed by atoms with Crippen LogP contribution in [0.4, 0.5) is 0 Å². The summed E-state index contributed by atoms with van der Waals surface area (Å²) in [6.45, 7) is 2.16. The maximum Gasteiger partial charge on any atom is 0.335 e. The van der Waals surface area contributed by atoms with Crippen LogP contribution in [0.5, 0.6) is 0 Å². The van der Waals surface area contributed by atoms with Gasteiger partial charge in [-0.1, -0.05) is 81.5 Å². The summed E-state index contributed by atoms with van der Waals surface area (Å²) in [7, 11) is 0. The molecule has 5 heteroatoms. The van der Waals surface area contributed by atoms with Crippen LogP contribution >= 0.6 is 0 Å². The third-order valence-electron chi connectivity index (χ3n) is 5.98. The number of rotatable bonds is 14. The van der Waals surface area contributed by atoms with E-state index >= 15 is 0 Å². The number of aromatic carboxylic acids is 1. The van der Waals surface area contributed by atoms with Gasteiger partial charge in [-0.2, -0.15) is 0 Å². The van der Waals surface area contributed by atoms with Gasteiger partial charge in [-0.3, -0.25) is 4.79 Å². The molecule has 0 aromatic heterocycles. The second kappa shape index (κ2) is 12.3. The first-order valence-corrected chi connectivity index (χ1v) is 11.2. The van der Waals surface area contributed by atoms with Crippen molar-refractivity contribution in [3.8, 4) is 0 Å². The van der Waals surface area contributed by atoms with Gasteiger partial charge >= 0.3 is 11.9 Å². The summed E-state index contributed by atoms with van der Waals surface area (Å²) < 4.78 is 0. The van der Waals surface area contributed by atoms with Crippen LogP contribution in [0, 0.1) is 5.92 Å². The molecule has 2 unspecified atom stereocenters. The van der Waals surface area contributed by atoms with Crippen LogP contribution in [0.15, 0.2) is 54.6 Å². The number of benzene rings is 2. The molecule has 2 atom stereocenters. The molecule has 168 valence electrons. The zero-order valence-corrected chi connectivity index (χ0v) is 18.3. The molecule has 2 aromatic carbocycles. The number of hydrogen-bond donors (Lipinski definition) is 3. The average Bonchev–Trinajstić information content (AvgIpc) is 2.78. The topological polar surface area (TPSA) is 94.8 Å². The molecule has 0 fully saturated rings. The van der Waals surface area contributed by atoms with Crippen molar-refractivity contribution in [3.63, 3.8) is 0 Å². The third-order valence-corrected chi connectivity index (χ3v) is 5.98. The second-order valence-electron chi connectivity index (χ2n) is 8.20. The number of carboxylic acids is 2. The van der Waals surface area contributed by atoms with Crippen molar-refractivity contribution >= 4 is 11.9 Å². The van der Waals surface area contributed by atoms with Crippen molar-refractivity contribution in [2.24, 2.45) is 5.92 Å². The number of aliphatic hydroxyl groups is 1. The summed E-state index contributed by atoms with van der Waals surface area (Å²) in [6.07, 6.45) is 7.28. The Kier molecular flexibility index (Phi) is 9.73. The van der Waals surface area contributed by atoms with Gasteiger partial charge in [0.05, 0.1) is 5.56 Å². The monoisotopic (exact) mass is 426 g/mol. The highest BCUT2D eigenvalue weighted by molar-refractivity contribution is 5.87. The van der Waals surface area contributed by atoms with Crippen molar-refractivity contribution in [2.75, 3.05) is 0 Å². The van der Waals surface area contributed by atoms with Gasteiger partial charge in [-0.25, -0.2) is 4.79 Å². The molecule has 0 saturated heterocycles.